The van der Waals surface area contributed by atoms with Gasteiger partial charge in [-0.25, -0.2) is 9.98 Å². The van der Waals surface area contributed by atoms with E-state index in [-0.39, 0.29) is 23.6 Å². The summed E-state index contributed by atoms with van der Waals surface area (Å²) in [5.74, 6) is 0.108. The van der Waals surface area contributed by atoms with Crippen molar-refractivity contribution in [3.05, 3.63) is 40.9 Å². The van der Waals surface area contributed by atoms with Crippen LogP contribution in [0.15, 0.2) is 49.7 Å². The molecule has 6 nitrogen and oxygen atoms in total. The molecule has 0 amide bonds. The second-order valence-corrected chi connectivity index (χ2v) is 7.93. The molecule has 3 aromatic rings. The van der Waals surface area contributed by atoms with Crippen molar-refractivity contribution < 1.29 is 14.3 Å². The zero-order valence-corrected chi connectivity index (χ0v) is 15.9. The minimum atomic E-state index is -0.291. The van der Waals surface area contributed by atoms with E-state index in [1.165, 1.54) is 23.1 Å². The van der Waals surface area contributed by atoms with Crippen LogP contribution in [0, 0.1) is 0 Å². The van der Waals surface area contributed by atoms with Gasteiger partial charge in [0.25, 0.3) is 6.20 Å². The number of aliphatic imine (C=N–C) groups is 1. The number of hydrogen-bond acceptors (Lipinski definition) is 7. The topological polar surface area (TPSA) is 78.2 Å². The van der Waals surface area contributed by atoms with E-state index in [9.17, 15) is 5.11 Å². The van der Waals surface area contributed by atoms with Crippen molar-refractivity contribution >= 4 is 46.5 Å². The van der Waals surface area contributed by atoms with Crippen molar-refractivity contribution in [2.75, 3.05) is 5.75 Å². The number of halogens is 1. The fraction of sp³-hybridized carbons (Fsp3) is 0.250. The first-order valence-electron chi connectivity index (χ1n) is 7.48. The van der Waals surface area contributed by atoms with Gasteiger partial charge >= 0.3 is 5.88 Å². The maximum atomic E-state index is 12.0. The van der Waals surface area contributed by atoms with Crippen molar-refractivity contribution in [2.45, 2.75) is 24.2 Å². The molecule has 2 aromatic heterocycles. The zero-order valence-electron chi connectivity index (χ0n) is 13.5. The molecule has 0 unspecified atom stereocenters. The third kappa shape index (κ3) is 4.81. The highest BCUT2D eigenvalue weighted by molar-refractivity contribution is 8.01. The Labute approximate surface area is 158 Å². The Hall–Kier alpha value is -1.90. The lowest BCUT2D eigenvalue weighted by Gasteiger charge is -2.06. The van der Waals surface area contributed by atoms with Gasteiger partial charge in [-0.05, 0) is 36.6 Å². The standard InChI is InChI=1S/C16H15ClN4O2S2/c1-10(2)21-7-15(23-20-21)19-14(22)9-25-16-18-13(8-24-16)11-3-5-12(17)6-4-11/h3-8,10H,9H2,1-2H3. The molecule has 25 heavy (non-hydrogen) atoms. The highest BCUT2D eigenvalue weighted by Gasteiger charge is 2.14. The van der Waals surface area contributed by atoms with E-state index in [1.807, 2.05) is 43.5 Å². The van der Waals surface area contributed by atoms with Crippen molar-refractivity contribution in [3.63, 3.8) is 0 Å². The molecule has 0 spiro atoms. The predicted molar refractivity (Wildman–Crippen MR) is 97.5 cm³/mol. The lowest BCUT2D eigenvalue weighted by molar-refractivity contribution is -0.779. The van der Waals surface area contributed by atoms with Gasteiger partial charge in [0, 0.05) is 21.7 Å². The molecule has 130 valence electrons. The van der Waals surface area contributed by atoms with Crippen LogP contribution in [0.2, 0.25) is 5.02 Å². The van der Waals surface area contributed by atoms with Crippen LogP contribution < -0.4 is 9.79 Å². The lowest BCUT2D eigenvalue weighted by Crippen LogP contribution is -2.36. The highest BCUT2D eigenvalue weighted by Crippen LogP contribution is 2.28. The number of nitrogens with zero attached hydrogens (tertiary/aromatic N) is 4. The van der Waals surface area contributed by atoms with Gasteiger partial charge in [0.05, 0.1) is 5.69 Å². The van der Waals surface area contributed by atoms with Crippen LogP contribution in [0.4, 0.5) is 5.88 Å². The number of thioether (sulfide) groups is 1. The maximum absolute atomic E-state index is 12.0. The van der Waals surface area contributed by atoms with Crippen molar-refractivity contribution in [3.8, 4) is 11.3 Å². The maximum Gasteiger partial charge on any atom is 0.320 e. The smallest absolute Gasteiger partial charge is 0.320 e. The van der Waals surface area contributed by atoms with Gasteiger partial charge < -0.3 is 5.11 Å². The normalized spacial score (nSPS) is 12.1. The Morgan fingerprint density at radius 3 is 2.84 bits per heavy atom. The zero-order chi connectivity index (χ0) is 17.8. The fourth-order valence-electron chi connectivity index (χ4n) is 1.90. The van der Waals surface area contributed by atoms with Gasteiger partial charge in [-0.15, -0.1) is 11.3 Å². The van der Waals surface area contributed by atoms with Gasteiger partial charge in [0.15, 0.2) is 10.4 Å². The Morgan fingerprint density at radius 1 is 1.40 bits per heavy atom. The minimum Gasteiger partial charge on any atom is -0.861 e. The molecular weight excluding hydrogens is 380 g/mol. The number of benzene rings is 1. The highest BCUT2D eigenvalue weighted by atomic mass is 35.5. The van der Waals surface area contributed by atoms with E-state index in [2.05, 4.69) is 15.2 Å². The molecule has 2 heterocycles. The summed E-state index contributed by atoms with van der Waals surface area (Å²) in [5, 5.41) is 18.4. The molecule has 0 atom stereocenters. The number of thiazole rings is 1. The van der Waals surface area contributed by atoms with Crippen LogP contribution in [0.5, 0.6) is 0 Å². The summed E-state index contributed by atoms with van der Waals surface area (Å²) >= 11 is 8.73. The first kappa shape index (κ1) is 17.9. The van der Waals surface area contributed by atoms with Crippen LogP contribution in [0.1, 0.15) is 19.9 Å². The summed E-state index contributed by atoms with van der Waals surface area (Å²) in [6.45, 7) is 3.93. The van der Waals surface area contributed by atoms with Crippen molar-refractivity contribution in [2.24, 2.45) is 4.99 Å². The van der Waals surface area contributed by atoms with E-state index in [4.69, 9.17) is 16.1 Å². The van der Waals surface area contributed by atoms with E-state index < -0.39 is 0 Å². The third-order valence-electron chi connectivity index (χ3n) is 3.18. The van der Waals surface area contributed by atoms with Crippen LogP contribution in [0.3, 0.4) is 0 Å². The second-order valence-electron chi connectivity index (χ2n) is 5.41. The summed E-state index contributed by atoms with van der Waals surface area (Å²) in [6, 6.07) is 7.64. The molecule has 0 fully saturated rings. The van der Waals surface area contributed by atoms with E-state index in [0.29, 0.717) is 5.02 Å². The summed E-state index contributed by atoms with van der Waals surface area (Å²) in [5.41, 5.74) is 1.85. The number of hydrogen-bond donors (Lipinski definition) is 0. The van der Waals surface area contributed by atoms with E-state index >= 15 is 0 Å². The molecule has 0 bridgehead atoms. The molecule has 0 saturated heterocycles. The molecule has 0 radical (unpaired) electrons. The molecule has 0 aliphatic rings. The lowest BCUT2D eigenvalue weighted by atomic mass is 10.2. The van der Waals surface area contributed by atoms with Crippen molar-refractivity contribution in [1.82, 2.24) is 10.3 Å². The first-order valence-corrected chi connectivity index (χ1v) is 9.72. The van der Waals surface area contributed by atoms with Gasteiger partial charge in [-0.1, -0.05) is 35.5 Å². The number of rotatable bonds is 6. The van der Waals surface area contributed by atoms with Crippen molar-refractivity contribution in [1.29, 1.82) is 0 Å². The molecular formula is C16H15ClN4O2S2. The van der Waals surface area contributed by atoms with Gasteiger partial charge in [-0.3, -0.25) is 4.52 Å². The molecule has 0 aliphatic heterocycles. The van der Waals surface area contributed by atoms with Crippen LogP contribution in [-0.4, -0.2) is 21.9 Å². The Bertz CT molecular complexity index is 874. The molecule has 9 heteroatoms. The fourth-order valence-corrected chi connectivity index (χ4v) is 3.64. The van der Waals surface area contributed by atoms with E-state index in [1.54, 1.807) is 10.9 Å². The van der Waals surface area contributed by atoms with Crippen LogP contribution in [-0.2, 0) is 0 Å². The monoisotopic (exact) mass is 394 g/mol. The minimum absolute atomic E-state index is 0.152. The summed E-state index contributed by atoms with van der Waals surface area (Å²) in [4.78, 5) is 8.43. The summed E-state index contributed by atoms with van der Waals surface area (Å²) in [6.07, 6.45) is 1.61. The summed E-state index contributed by atoms with van der Waals surface area (Å²) in [7, 11) is 0. The second kappa shape index (κ2) is 7.99. The first-order chi connectivity index (χ1) is 12.0. The Kier molecular flexibility index (Phi) is 5.72. The van der Waals surface area contributed by atoms with E-state index in [0.717, 1.165) is 15.6 Å². The average molecular weight is 395 g/mol. The largest absolute Gasteiger partial charge is 0.861 e. The molecule has 0 N–H and O–H groups in total. The van der Waals surface area contributed by atoms with Gasteiger partial charge in [-0.2, -0.15) is 0 Å². The Balaban J connectivity index is 1.61. The Morgan fingerprint density at radius 2 is 2.16 bits per heavy atom. The van der Waals surface area contributed by atoms with Crippen LogP contribution in [0.25, 0.3) is 11.3 Å². The van der Waals surface area contributed by atoms with Gasteiger partial charge in [0.1, 0.15) is 0 Å². The predicted octanol–water partition coefficient (Wildman–Crippen LogP) is 3.50. The number of aromatic nitrogens is 3. The molecule has 3 rings (SSSR count). The average Bonchev–Trinajstić information content (AvgIpc) is 3.23. The molecule has 0 aliphatic carbocycles. The van der Waals surface area contributed by atoms with Gasteiger partial charge in [0.2, 0.25) is 5.27 Å². The molecule has 1 aromatic carbocycles. The quantitative estimate of drug-likeness (QED) is 0.277. The third-order valence-corrected chi connectivity index (χ3v) is 5.44. The SMILES string of the molecule is CC(C)[n+]1cc(/N=C(/[O-])CSc2nc(-c3ccc(Cl)cc3)cs2)on1. The summed E-state index contributed by atoms with van der Waals surface area (Å²) < 4.78 is 7.43. The van der Waals surface area contributed by atoms with Crippen LogP contribution >= 0.6 is 34.7 Å². The molecule has 0 saturated carbocycles.